The maximum absolute atomic E-state index is 5.89. The van der Waals surface area contributed by atoms with Crippen LogP contribution in [-0.2, 0) is 17.6 Å². The summed E-state index contributed by atoms with van der Waals surface area (Å²) in [5, 5.41) is 0. The molecule has 0 saturated carbocycles. The van der Waals surface area contributed by atoms with Crippen molar-refractivity contribution in [1.29, 1.82) is 0 Å². The van der Waals surface area contributed by atoms with Gasteiger partial charge in [0.05, 0.1) is 12.4 Å². The minimum Gasteiger partial charge on any atom is -0.498 e. The van der Waals surface area contributed by atoms with E-state index in [-0.39, 0.29) is 0 Å². The number of hydrogen-bond acceptors (Lipinski definition) is 1. The number of hydrogen-bond donors (Lipinski definition) is 0. The molecule has 0 N–H and O–H groups in total. The van der Waals surface area contributed by atoms with E-state index in [1.807, 2.05) is 0 Å². The molecule has 2 aromatic rings. The summed E-state index contributed by atoms with van der Waals surface area (Å²) in [6.45, 7) is 5.01. The van der Waals surface area contributed by atoms with Crippen molar-refractivity contribution >= 4 is 0 Å². The van der Waals surface area contributed by atoms with Gasteiger partial charge in [0.25, 0.3) is 0 Å². The molecule has 0 aliphatic rings. The van der Waals surface area contributed by atoms with Crippen LogP contribution in [0.4, 0.5) is 0 Å². The summed E-state index contributed by atoms with van der Waals surface area (Å²) < 4.78 is 5.89. The van der Waals surface area contributed by atoms with E-state index in [1.165, 1.54) is 22.5 Å². The molecule has 0 bridgehead atoms. The second-order valence-corrected chi connectivity index (χ2v) is 5.61. The Morgan fingerprint density at radius 2 is 1.27 bits per heavy atom. The lowest BCUT2D eigenvalue weighted by Gasteiger charge is -2.13. The molecule has 0 unspecified atom stereocenters. The Balaban J connectivity index is 1.95. The van der Waals surface area contributed by atoms with Gasteiger partial charge in [-0.1, -0.05) is 60.7 Å². The van der Waals surface area contributed by atoms with Crippen LogP contribution in [0.2, 0.25) is 0 Å². The molecular formula is C21H26O. The van der Waals surface area contributed by atoms with Gasteiger partial charge >= 0.3 is 0 Å². The lowest BCUT2D eigenvalue weighted by atomic mass is 10.0. The van der Waals surface area contributed by atoms with Gasteiger partial charge in [-0.25, -0.2) is 0 Å². The van der Waals surface area contributed by atoms with E-state index in [2.05, 4.69) is 74.5 Å². The zero-order valence-corrected chi connectivity index (χ0v) is 13.7. The van der Waals surface area contributed by atoms with Gasteiger partial charge in [0.15, 0.2) is 0 Å². The number of rotatable bonds is 8. The van der Waals surface area contributed by atoms with Crippen LogP contribution in [0.25, 0.3) is 0 Å². The van der Waals surface area contributed by atoms with Crippen molar-refractivity contribution in [1.82, 2.24) is 0 Å². The summed E-state index contributed by atoms with van der Waals surface area (Å²) in [6.07, 6.45) is 4.17. The lowest BCUT2D eigenvalue weighted by molar-refractivity contribution is 0.213. The standard InChI is InChI=1S/C21H26O/c1-3-22-21(17-16-20-12-8-5-9-13-20)18(2)14-15-19-10-6-4-7-11-19/h4-13H,3,14-17H2,1-2H3/b21-18-. The van der Waals surface area contributed by atoms with Crippen molar-refractivity contribution in [2.24, 2.45) is 0 Å². The quantitative estimate of drug-likeness (QED) is 0.579. The highest BCUT2D eigenvalue weighted by atomic mass is 16.5. The van der Waals surface area contributed by atoms with Crippen LogP contribution < -0.4 is 0 Å². The molecule has 0 spiro atoms. The first-order chi connectivity index (χ1) is 10.8. The predicted molar refractivity (Wildman–Crippen MR) is 93.9 cm³/mol. The van der Waals surface area contributed by atoms with Gasteiger partial charge in [0.1, 0.15) is 0 Å². The van der Waals surface area contributed by atoms with Crippen LogP contribution in [0, 0.1) is 0 Å². The SMILES string of the molecule is CCO/C(CCc1ccccc1)=C(/C)CCc1ccccc1. The summed E-state index contributed by atoms with van der Waals surface area (Å²) >= 11 is 0. The molecule has 0 amide bonds. The van der Waals surface area contributed by atoms with Crippen molar-refractivity contribution in [3.63, 3.8) is 0 Å². The maximum Gasteiger partial charge on any atom is 0.0952 e. The average Bonchev–Trinajstić information content (AvgIpc) is 2.58. The molecule has 0 saturated heterocycles. The van der Waals surface area contributed by atoms with Gasteiger partial charge in [0.2, 0.25) is 0 Å². The van der Waals surface area contributed by atoms with E-state index in [0.29, 0.717) is 0 Å². The van der Waals surface area contributed by atoms with Crippen LogP contribution in [0.5, 0.6) is 0 Å². The molecular weight excluding hydrogens is 268 g/mol. The Bertz CT molecular complexity index is 569. The first kappa shape index (κ1) is 16.4. The van der Waals surface area contributed by atoms with Gasteiger partial charge in [-0.05, 0) is 49.8 Å². The minimum absolute atomic E-state index is 0.743. The molecule has 2 rings (SSSR count). The Hall–Kier alpha value is -2.02. The van der Waals surface area contributed by atoms with Crippen LogP contribution in [-0.4, -0.2) is 6.61 Å². The zero-order valence-electron chi connectivity index (χ0n) is 13.7. The van der Waals surface area contributed by atoms with Crippen LogP contribution in [0.3, 0.4) is 0 Å². The van der Waals surface area contributed by atoms with Crippen LogP contribution in [0.1, 0.15) is 37.8 Å². The maximum atomic E-state index is 5.89. The van der Waals surface area contributed by atoms with E-state index in [1.54, 1.807) is 0 Å². The topological polar surface area (TPSA) is 9.23 Å². The predicted octanol–water partition coefficient (Wildman–Crippen LogP) is 5.56. The monoisotopic (exact) mass is 294 g/mol. The fraction of sp³-hybridized carbons (Fsp3) is 0.333. The third-order valence-corrected chi connectivity index (χ3v) is 3.91. The summed E-state index contributed by atoms with van der Waals surface area (Å²) in [5.41, 5.74) is 4.14. The number of ether oxygens (including phenoxy) is 1. The molecule has 0 heterocycles. The second kappa shape index (κ2) is 9.09. The third-order valence-electron chi connectivity index (χ3n) is 3.91. The Kier molecular flexibility index (Phi) is 6.76. The summed E-state index contributed by atoms with van der Waals surface area (Å²) in [4.78, 5) is 0. The van der Waals surface area contributed by atoms with Crippen LogP contribution >= 0.6 is 0 Å². The summed E-state index contributed by atoms with van der Waals surface area (Å²) in [6, 6.07) is 21.3. The van der Waals surface area contributed by atoms with Crippen molar-refractivity contribution in [2.75, 3.05) is 6.61 Å². The molecule has 0 aromatic heterocycles. The normalized spacial score (nSPS) is 11.9. The van der Waals surface area contributed by atoms with Gasteiger partial charge in [-0.15, -0.1) is 0 Å². The van der Waals surface area contributed by atoms with Gasteiger partial charge in [0, 0.05) is 6.42 Å². The molecule has 0 fully saturated rings. The van der Waals surface area contributed by atoms with Gasteiger partial charge < -0.3 is 4.74 Å². The summed E-state index contributed by atoms with van der Waals surface area (Å²) in [5.74, 6) is 1.17. The first-order valence-electron chi connectivity index (χ1n) is 8.19. The zero-order chi connectivity index (χ0) is 15.6. The highest BCUT2D eigenvalue weighted by Gasteiger charge is 2.05. The molecule has 1 heteroatoms. The first-order valence-corrected chi connectivity index (χ1v) is 8.19. The number of benzene rings is 2. The Labute approximate surface area is 134 Å². The molecule has 0 aliphatic heterocycles. The molecule has 0 aliphatic carbocycles. The number of allylic oxidation sites excluding steroid dienone is 2. The van der Waals surface area contributed by atoms with Crippen molar-refractivity contribution < 1.29 is 4.74 Å². The molecule has 116 valence electrons. The third kappa shape index (κ3) is 5.40. The molecule has 2 aromatic carbocycles. The second-order valence-electron chi connectivity index (χ2n) is 5.61. The van der Waals surface area contributed by atoms with Crippen LogP contribution in [0.15, 0.2) is 72.0 Å². The van der Waals surface area contributed by atoms with Gasteiger partial charge in [-0.2, -0.15) is 0 Å². The van der Waals surface area contributed by atoms with E-state index >= 15 is 0 Å². The molecule has 0 atom stereocenters. The average molecular weight is 294 g/mol. The van der Waals surface area contributed by atoms with E-state index in [9.17, 15) is 0 Å². The highest BCUT2D eigenvalue weighted by molar-refractivity contribution is 5.19. The summed E-state index contributed by atoms with van der Waals surface area (Å²) in [7, 11) is 0. The van der Waals surface area contributed by atoms with E-state index < -0.39 is 0 Å². The molecule has 22 heavy (non-hydrogen) atoms. The van der Waals surface area contributed by atoms with Crippen molar-refractivity contribution in [3.8, 4) is 0 Å². The fourth-order valence-corrected chi connectivity index (χ4v) is 2.60. The van der Waals surface area contributed by atoms with Crippen molar-refractivity contribution in [2.45, 2.75) is 39.5 Å². The Morgan fingerprint density at radius 1 is 0.773 bits per heavy atom. The van der Waals surface area contributed by atoms with E-state index in [4.69, 9.17) is 4.74 Å². The lowest BCUT2D eigenvalue weighted by Crippen LogP contribution is -2.00. The van der Waals surface area contributed by atoms with E-state index in [0.717, 1.165) is 32.3 Å². The minimum atomic E-state index is 0.743. The van der Waals surface area contributed by atoms with Gasteiger partial charge in [-0.3, -0.25) is 0 Å². The molecule has 0 radical (unpaired) electrons. The smallest absolute Gasteiger partial charge is 0.0952 e. The number of aryl methyl sites for hydroxylation is 2. The highest BCUT2D eigenvalue weighted by Crippen LogP contribution is 2.19. The largest absolute Gasteiger partial charge is 0.498 e. The Morgan fingerprint density at radius 3 is 1.77 bits per heavy atom. The van der Waals surface area contributed by atoms with Crippen molar-refractivity contribution in [3.05, 3.63) is 83.1 Å². The molecule has 1 nitrogen and oxygen atoms in total. The fourth-order valence-electron chi connectivity index (χ4n) is 2.60.